The van der Waals surface area contributed by atoms with Crippen LogP contribution in [0.15, 0.2) is 12.2 Å². The number of esters is 1. The van der Waals surface area contributed by atoms with Gasteiger partial charge in [0.1, 0.15) is 6.61 Å². The van der Waals surface area contributed by atoms with Gasteiger partial charge in [0, 0.05) is 7.11 Å². The van der Waals surface area contributed by atoms with Crippen molar-refractivity contribution >= 4 is 11.8 Å². The zero-order valence-corrected chi connectivity index (χ0v) is 14.9. The number of ketones is 1. The Morgan fingerprint density at radius 2 is 1.42 bits per heavy atom. The van der Waals surface area contributed by atoms with Crippen molar-refractivity contribution < 1.29 is 36.6 Å². The Labute approximate surface area is 148 Å². The molecule has 0 bridgehead atoms. The zero-order chi connectivity index (χ0) is 20.1. The lowest BCUT2D eigenvalue weighted by Crippen LogP contribution is -2.18. The number of carbonyl (C=O) groups is 2. The van der Waals surface area contributed by atoms with Crippen LogP contribution in [0.4, 0.5) is 17.6 Å². The standard InChI is InChI=1S/C18H20F4O4/c1-10(23)5-6-18(2,3)7-13(24)26-9-12-16(21)14(19)11(8-25-4)15(20)17(12)22/h5-6H,7-9H2,1-4H3. The lowest BCUT2D eigenvalue weighted by atomic mass is 9.89. The topological polar surface area (TPSA) is 52.6 Å². The first-order chi connectivity index (χ1) is 12.0. The molecular formula is C18H20F4O4. The number of rotatable bonds is 8. The Morgan fingerprint density at radius 1 is 0.962 bits per heavy atom. The summed E-state index contributed by atoms with van der Waals surface area (Å²) in [5.74, 6) is -7.52. The van der Waals surface area contributed by atoms with Gasteiger partial charge in [0.05, 0.1) is 24.2 Å². The summed E-state index contributed by atoms with van der Waals surface area (Å²) in [5, 5.41) is 0. The van der Waals surface area contributed by atoms with Crippen molar-refractivity contribution in [1.82, 2.24) is 0 Å². The summed E-state index contributed by atoms with van der Waals surface area (Å²) in [6, 6.07) is 0. The molecule has 0 unspecified atom stereocenters. The predicted molar refractivity (Wildman–Crippen MR) is 85.0 cm³/mol. The molecule has 0 radical (unpaired) electrons. The van der Waals surface area contributed by atoms with E-state index in [1.807, 2.05) is 0 Å². The number of hydrogen-bond donors (Lipinski definition) is 0. The Kier molecular flexibility index (Phi) is 7.50. The number of methoxy groups -OCH3 is 1. The first kappa shape index (κ1) is 21.8. The molecule has 0 fully saturated rings. The lowest BCUT2D eigenvalue weighted by Gasteiger charge is -2.19. The van der Waals surface area contributed by atoms with Crippen molar-refractivity contribution in [3.8, 4) is 0 Å². The maximum absolute atomic E-state index is 13.9. The summed E-state index contributed by atoms with van der Waals surface area (Å²) < 4.78 is 64.8. The molecule has 0 N–H and O–H groups in total. The van der Waals surface area contributed by atoms with Crippen LogP contribution in [0.5, 0.6) is 0 Å². The SMILES string of the molecule is COCc1c(F)c(F)c(COC(=O)CC(C)(C)C=CC(C)=O)c(F)c1F. The van der Waals surface area contributed by atoms with Gasteiger partial charge in [-0.2, -0.15) is 0 Å². The molecule has 1 aromatic carbocycles. The van der Waals surface area contributed by atoms with Gasteiger partial charge >= 0.3 is 5.97 Å². The van der Waals surface area contributed by atoms with Gasteiger partial charge in [0.25, 0.3) is 0 Å². The third-order valence-electron chi connectivity index (χ3n) is 3.48. The summed E-state index contributed by atoms with van der Waals surface area (Å²) in [4.78, 5) is 22.8. The fraction of sp³-hybridized carbons (Fsp3) is 0.444. The zero-order valence-electron chi connectivity index (χ0n) is 14.9. The van der Waals surface area contributed by atoms with Gasteiger partial charge in [-0.15, -0.1) is 0 Å². The smallest absolute Gasteiger partial charge is 0.306 e. The Hall–Kier alpha value is -2.22. The van der Waals surface area contributed by atoms with Gasteiger partial charge in [-0.05, 0) is 18.4 Å². The molecule has 0 amide bonds. The third kappa shape index (κ3) is 5.66. The van der Waals surface area contributed by atoms with E-state index >= 15 is 0 Å². The molecule has 0 aliphatic heterocycles. The highest BCUT2D eigenvalue weighted by molar-refractivity contribution is 5.87. The molecule has 8 heteroatoms. The molecule has 0 spiro atoms. The van der Waals surface area contributed by atoms with Crippen molar-refractivity contribution in [1.29, 1.82) is 0 Å². The molecule has 0 saturated carbocycles. The quantitative estimate of drug-likeness (QED) is 0.298. The number of carbonyl (C=O) groups excluding carboxylic acids is 2. The van der Waals surface area contributed by atoms with Gasteiger partial charge in [-0.25, -0.2) is 17.6 Å². The Morgan fingerprint density at radius 3 is 1.85 bits per heavy atom. The first-order valence-corrected chi connectivity index (χ1v) is 7.68. The van der Waals surface area contributed by atoms with Gasteiger partial charge in [0.2, 0.25) is 0 Å². The molecule has 1 rings (SSSR count). The minimum atomic E-state index is -1.64. The first-order valence-electron chi connectivity index (χ1n) is 7.68. The van der Waals surface area contributed by atoms with Crippen LogP contribution in [0, 0.1) is 28.7 Å². The highest BCUT2D eigenvalue weighted by atomic mass is 19.2. The average molecular weight is 376 g/mol. The monoisotopic (exact) mass is 376 g/mol. The van der Waals surface area contributed by atoms with Gasteiger partial charge in [-0.1, -0.05) is 19.9 Å². The van der Waals surface area contributed by atoms with Gasteiger partial charge in [-0.3, -0.25) is 9.59 Å². The summed E-state index contributed by atoms with van der Waals surface area (Å²) >= 11 is 0. The number of hydrogen-bond acceptors (Lipinski definition) is 4. The average Bonchev–Trinajstić information content (AvgIpc) is 2.55. The van der Waals surface area contributed by atoms with E-state index < -0.39 is 59.0 Å². The second kappa shape index (κ2) is 8.93. The normalized spacial score (nSPS) is 11.8. The molecule has 0 heterocycles. The molecule has 0 aliphatic rings. The summed E-state index contributed by atoms with van der Waals surface area (Å²) in [6.45, 7) is 3.01. The molecule has 0 saturated heterocycles. The van der Waals surface area contributed by atoms with Crippen molar-refractivity contribution in [2.45, 2.75) is 40.4 Å². The van der Waals surface area contributed by atoms with Crippen LogP contribution in [-0.2, 0) is 32.3 Å². The highest BCUT2D eigenvalue weighted by Crippen LogP contribution is 2.27. The minimum Gasteiger partial charge on any atom is -0.461 e. The molecule has 144 valence electrons. The third-order valence-corrected chi connectivity index (χ3v) is 3.48. The van der Waals surface area contributed by atoms with E-state index in [-0.39, 0.29) is 12.2 Å². The van der Waals surface area contributed by atoms with Crippen LogP contribution in [-0.4, -0.2) is 18.9 Å². The van der Waals surface area contributed by atoms with E-state index in [2.05, 4.69) is 4.74 Å². The molecule has 4 nitrogen and oxygen atoms in total. The van der Waals surface area contributed by atoms with Crippen LogP contribution in [0.2, 0.25) is 0 Å². The maximum atomic E-state index is 13.9. The van der Waals surface area contributed by atoms with Crippen molar-refractivity contribution in [3.63, 3.8) is 0 Å². The Bertz CT molecular complexity index is 697. The molecule has 0 aliphatic carbocycles. The molecule has 0 aromatic heterocycles. The molecule has 1 aromatic rings. The number of allylic oxidation sites excluding steroid dienone is 2. The van der Waals surface area contributed by atoms with Crippen LogP contribution in [0.3, 0.4) is 0 Å². The molecule has 26 heavy (non-hydrogen) atoms. The van der Waals surface area contributed by atoms with Crippen molar-refractivity contribution in [2.24, 2.45) is 5.41 Å². The largest absolute Gasteiger partial charge is 0.461 e. The minimum absolute atomic E-state index is 0.202. The van der Waals surface area contributed by atoms with Crippen molar-refractivity contribution in [2.75, 3.05) is 7.11 Å². The molecular weight excluding hydrogens is 356 g/mol. The van der Waals surface area contributed by atoms with Crippen LogP contribution < -0.4 is 0 Å². The second-order valence-electron chi connectivity index (χ2n) is 6.42. The molecule has 0 atom stereocenters. The van der Waals surface area contributed by atoms with E-state index in [1.54, 1.807) is 13.8 Å². The van der Waals surface area contributed by atoms with E-state index in [1.165, 1.54) is 19.1 Å². The van der Waals surface area contributed by atoms with Gasteiger partial charge in [0.15, 0.2) is 29.1 Å². The van der Waals surface area contributed by atoms with Crippen LogP contribution in [0.1, 0.15) is 38.3 Å². The second-order valence-corrected chi connectivity index (χ2v) is 6.42. The summed E-state index contributed by atoms with van der Waals surface area (Å²) in [7, 11) is 1.12. The fourth-order valence-electron chi connectivity index (χ4n) is 2.10. The van der Waals surface area contributed by atoms with E-state index in [0.29, 0.717) is 0 Å². The van der Waals surface area contributed by atoms with E-state index in [4.69, 9.17) is 4.74 Å². The van der Waals surface area contributed by atoms with Crippen molar-refractivity contribution in [3.05, 3.63) is 46.5 Å². The van der Waals surface area contributed by atoms with E-state index in [9.17, 15) is 27.2 Å². The fourth-order valence-corrected chi connectivity index (χ4v) is 2.10. The summed E-state index contributed by atoms with van der Waals surface area (Å²) in [6.07, 6.45) is 2.58. The Balaban J connectivity index is 2.91. The highest BCUT2D eigenvalue weighted by Gasteiger charge is 2.27. The lowest BCUT2D eigenvalue weighted by molar-refractivity contribution is -0.146. The summed E-state index contributed by atoms with van der Waals surface area (Å²) in [5.41, 5.74) is -2.66. The number of benzene rings is 1. The predicted octanol–water partition coefficient (Wildman–Crippen LogP) is 3.99. The number of ether oxygens (including phenoxy) is 2. The maximum Gasteiger partial charge on any atom is 0.306 e. The van der Waals surface area contributed by atoms with Crippen LogP contribution in [0.25, 0.3) is 0 Å². The van der Waals surface area contributed by atoms with Gasteiger partial charge < -0.3 is 9.47 Å². The van der Waals surface area contributed by atoms with E-state index in [0.717, 1.165) is 7.11 Å². The number of halogens is 4. The van der Waals surface area contributed by atoms with Crippen LogP contribution >= 0.6 is 0 Å².